The van der Waals surface area contributed by atoms with E-state index < -0.39 is 10.0 Å². The predicted octanol–water partition coefficient (Wildman–Crippen LogP) is 2.85. The van der Waals surface area contributed by atoms with Gasteiger partial charge in [0.1, 0.15) is 11.6 Å². The molecule has 23 heavy (non-hydrogen) atoms. The van der Waals surface area contributed by atoms with Crippen LogP contribution in [-0.4, -0.2) is 26.3 Å². The van der Waals surface area contributed by atoms with E-state index in [1.807, 2.05) is 31.2 Å². The van der Waals surface area contributed by atoms with E-state index in [-0.39, 0.29) is 5.75 Å². The molecule has 0 aliphatic rings. The Balaban J connectivity index is 1.98. The second kappa shape index (κ2) is 7.82. The van der Waals surface area contributed by atoms with Crippen molar-refractivity contribution in [1.29, 1.82) is 0 Å². The van der Waals surface area contributed by atoms with Gasteiger partial charge in [0.05, 0.1) is 24.7 Å². The maximum Gasteiger partial charge on any atom is 0.232 e. The summed E-state index contributed by atoms with van der Waals surface area (Å²) >= 11 is 0. The van der Waals surface area contributed by atoms with Gasteiger partial charge in [0, 0.05) is 12.1 Å². The fourth-order valence-corrected chi connectivity index (χ4v) is 3.21. The van der Waals surface area contributed by atoms with E-state index in [1.54, 1.807) is 19.2 Å². The average Bonchev–Trinajstić information content (AvgIpc) is 2.54. The van der Waals surface area contributed by atoms with Crippen LogP contribution in [0.5, 0.6) is 5.75 Å². The van der Waals surface area contributed by atoms with Crippen LogP contribution in [0.25, 0.3) is 0 Å². The second-order valence-corrected chi connectivity index (χ2v) is 6.86. The van der Waals surface area contributed by atoms with Crippen LogP contribution < -0.4 is 14.8 Å². The van der Waals surface area contributed by atoms with Gasteiger partial charge in [-0.2, -0.15) is 0 Å². The Bertz CT molecular complexity index is 730. The number of para-hydroxylation sites is 1. The normalized spacial score (nSPS) is 11.0. The van der Waals surface area contributed by atoms with E-state index in [0.717, 1.165) is 11.3 Å². The first-order chi connectivity index (χ1) is 11.0. The van der Waals surface area contributed by atoms with Gasteiger partial charge in [0.25, 0.3) is 0 Å². The third kappa shape index (κ3) is 5.14. The van der Waals surface area contributed by atoms with E-state index in [2.05, 4.69) is 15.0 Å². The van der Waals surface area contributed by atoms with Gasteiger partial charge in [0.2, 0.25) is 10.0 Å². The minimum atomic E-state index is -3.29. The van der Waals surface area contributed by atoms with Crippen molar-refractivity contribution in [3.63, 3.8) is 0 Å². The van der Waals surface area contributed by atoms with Crippen LogP contribution in [0, 0.1) is 0 Å². The first-order valence-corrected chi connectivity index (χ1v) is 9.01. The number of hydrogen-bond acceptors (Lipinski definition) is 5. The maximum atomic E-state index is 11.7. The number of hydrogen-bond donors (Lipinski definition) is 2. The summed E-state index contributed by atoms with van der Waals surface area (Å²) in [5.74, 6) is 1.57. The molecule has 1 aromatic heterocycles. The van der Waals surface area contributed by atoms with E-state index in [9.17, 15) is 8.42 Å². The lowest BCUT2D eigenvalue weighted by atomic mass is 10.2. The summed E-state index contributed by atoms with van der Waals surface area (Å²) in [4.78, 5) is 4.21. The molecule has 0 spiro atoms. The fourth-order valence-electron chi connectivity index (χ4n) is 2.09. The van der Waals surface area contributed by atoms with Gasteiger partial charge in [-0.3, -0.25) is 4.72 Å². The number of ether oxygens (including phenoxy) is 1. The molecule has 124 valence electrons. The van der Waals surface area contributed by atoms with E-state index in [0.29, 0.717) is 24.5 Å². The van der Waals surface area contributed by atoms with Crippen LogP contribution in [0.1, 0.15) is 18.9 Å². The smallest absolute Gasteiger partial charge is 0.232 e. The van der Waals surface area contributed by atoms with Crippen LogP contribution in [0.15, 0.2) is 42.6 Å². The lowest BCUT2D eigenvalue weighted by Crippen LogP contribution is -2.16. The molecule has 0 unspecified atom stereocenters. The zero-order chi connectivity index (χ0) is 16.7. The zero-order valence-electron chi connectivity index (χ0n) is 13.2. The minimum absolute atomic E-state index is 0.0980. The molecule has 0 saturated carbocycles. The summed E-state index contributed by atoms with van der Waals surface area (Å²) in [5.41, 5.74) is 1.48. The third-order valence-electron chi connectivity index (χ3n) is 3.16. The van der Waals surface area contributed by atoms with Gasteiger partial charge >= 0.3 is 0 Å². The highest BCUT2D eigenvalue weighted by molar-refractivity contribution is 7.92. The summed E-state index contributed by atoms with van der Waals surface area (Å²) in [6.07, 6.45) is 2.07. The maximum absolute atomic E-state index is 11.7. The predicted molar refractivity (Wildman–Crippen MR) is 92.3 cm³/mol. The van der Waals surface area contributed by atoms with Crippen LogP contribution in [0.3, 0.4) is 0 Å². The standard InChI is InChI=1S/C16H21N3O3S/c1-3-10-23(20,21)19-14-8-9-16(18-12-14)17-11-13-6-4-5-7-15(13)22-2/h4-9,12,19H,3,10-11H2,1-2H3,(H,17,18). The number of pyridine rings is 1. The Kier molecular flexibility index (Phi) is 5.81. The molecule has 0 saturated heterocycles. The summed E-state index contributed by atoms with van der Waals surface area (Å²) in [6.45, 7) is 2.39. The summed E-state index contributed by atoms with van der Waals surface area (Å²) in [5, 5.41) is 3.18. The van der Waals surface area contributed by atoms with Gasteiger partial charge in [-0.1, -0.05) is 25.1 Å². The number of nitrogens with zero attached hydrogens (tertiary/aromatic N) is 1. The molecule has 1 aromatic carbocycles. The fraction of sp³-hybridized carbons (Fsp3) is 0.312. The van der Waals surface area contributed by atoms with Crippen molar-refractivity contribution in [2.24, 2.45) is 0 Å². The summed E-state index contributed by atoms with van der Waals surface area (Å²) < 4.78 is 31.2. The van der Waals surface area contributed by atoms with Crippen LogP contribution >= 0.6 is 0 Å². The lowest BCUT2D eigenvalue weighted by molar-refractivity contribution is 0.410. The van der Waals surface area contributed by atoms with Crippen LogP contribution in [-0.2, 0) is 16.6 Å². The van der Waals surface area contributed by atoms with Crippen molar-refractivity contribution in [3.05, 3.63) is 48.2 Å². The van der Waals surface area contributed by atoms with E-state index in [1.165, 1.54) is 6.20 Å². The minimum Gasteiger partial charge on any atom is -0.496 e. The molecule has 2 N–H and O–H groups in total. The molecule has 6 nitrogen and oxygen atoms in total. The number of aromatic nitrogens is 1. The highest BCUT2D eigenvalue weighted by Crippen LogP contribution is 2.19. The molecule has 0 amide bonds. The topological polar surface area (TPSA) is 80.3 Å². The van der Waals surface area contributed by atoms with Gasteiger partial charge in [-0.15, -0.1) is 0 Å². The van der Waals surface area contributed by atoms with Gasteiger partial charge in [0.15, 0.2) is 0 Å². The van der Waals surface area contributed by atoms with Gasteiger partial charge < -0.3 is 10.1 Å². The number of benzene rings is 1. The second-order valence-electron chi connectivity index (χ2n) is 5.02. The molecule has 1 heterocycles. The number of anilines is 2. The monoisotopic (exact) mass is 335 g/mol. The Morgan fingerprint density at radius 1 is 1.17 bits per heavy atom. The molecule has 0 radical (unpaired) electrons. The molecular weight excluding hydrogens is 314 g/mol. The third-order valence-corrected chi connectivity index (χ3v) is 4.65. The molecule has 0 fully saturated rings. The molecule has 7 heteroatoms. The largest absolute Gasteiger partial charge is 0.496 e. The highest BCUT2D eigenvalue weighted by atomic mass is 32.2. The Morgan fingerprint density at radius 2 is 1.96 bits per heavy atom. The molecule has 0 aliphatic carbocycles. The number of rotatable bonds is 8. The van der Waals surface area contributed by atoms with Crippen LogP contribution in [0.2, 0.25) is 0 Å². The summed E-state index contributed by atoms with van der Waals surface area (Å²) in [6, 6.07) is 11.1. The molecule has 0 bridgehead atoms. The molecule has 0 aliphatic heterocycles. The molecule has 2 rings (SSSR count). The van der Waals surface area contributed by atoms with E-state index >= 15 is 0 Å². The Hall–Kier alpha value is -2.28. The van der Waals surface area contributed by atoms with Crippen molar-refractivity contribution >= 4 is 21.5 Å². The Labute approximate surface area is 137 Å². The number of nitrogens with one attached hydrogen (secondary N) is 2. The average molecular weight is 335 g/mol. The zero-order valence-corrected chi connectivity index (χ0v) is 14.1. The van der Waals surface area contributed by atoms with Crippen molar-refractivity contribution in [1.82, 2.24) is 4.98 Å². The lowest BCUT2D eigenvalue weighted by Gasteiger charge is -2.11. The molecular formula is C16H21N3O3S. The number of sulfonamides is 1. The highest BCUT2D eigenvalue weighted by Gasteiger charge is 2.09. The first-order valence-electron chi connectivity index (χ1n) is 7.36. The van der Waals surface area contributed by atoms with Crippen LogP contribution in [0.4, 0.5) is 11.5 Å². The first kappa shape index (κ1) is 17.1. The molecule has 0 atom stereocenters. The van der Waals surface area contributed by atoms with E-state index in [4.69, 9.17) is 4.74 Å². The van der Waals surface area contributed by atoms with Gasteiger partial charge in [-0.25, -0.2) is 13.4 Å². The summed E-state index contributed by atoms with van der Waals surface area (Å²) in [7, 11) is -1.66. The number of methoxy groups -OCH3 is 1. The van der Waals surface area contributed by atoms with Crippen molar-refractivity contribution in [3.8, 4) is 5.75 Å². The SMILES string of the molecule is CCCS(=O)(=O)Nc1ccc(NCc2ccccc2OC)nc1. The van der Waals surface area contributed by atoms with Crippen molar-refractivity contribution < 1.29 is 13.2 Å². The van der Waals surface area contributed by atoms with Crippen molar-refractivity contribution in [2.75, 3.05) is 22.9 Å². The van der Waals surface area contributed by atoms with Gasteiger partial charge in [-0.05, 0) is 24.6 Å². The Morgan fingerprint density at radius 3 is 2.61 bits per heavy atom. The quantitative estimate of drug-likeness (QED) is 0.775. The van der Waals surface area contributed by atoms with Crippen molar-refractivity contribution in [2.45, 2.75) is 19.9 Å². The molecule has 2 aromatic rings.